The number of benzene rings is 2. The Balaban J connectivity index is 2.12. The monoisotopic (exact) mass is 412 g/mol. The molecule has 6 nitrogen and oxygen atoms in total. The third kappa shape index (κ3) is 6.51. The van der Waals surface area contributed by atoms with Gasteiger partial charge < -0.3 is 19.7 Å². The molecule has 1 atom stereocenters. The first-order valence-corrected chi connectivity index (χ1v) is 10.3. The number of nitrogens with zero attached hydrogens (tertiary/aromatic N) is 1. The molecule has 2 rings (SSSR count). The van der Waals surface area contributed by atoms with Gasteiger partial charge in [0.25, 0.3) is 0 Å². The highest BCUT2D eigenvalue weighted by Crippen LogP contribution is 2.28. The molecule has 0 fully saturated rings. The summed E-state index contributed by atoms with van der Waals surface area (Å²) < 4.78 is 10.6. The largest absolute Gasteiger partial charge is 0.493 e. The summed E-state index contributed by atoms with van der Waals surface area (Å²) in [4.78, 5) is 27.3. The molecule has 1 N–H and O–H groups in total. The highest BCUT2D eigenvalue weighted by molar-refractivity contribution is 5.87. The minimum atomic E-state index is -0.547. The SMILES string of the molecule is CCCNC(=O)[C@@H](C)N(Cc1ccccc1)C(=O)CCc1ccc(OC)c(OC)c1. The Hall–Kier alpha value is -3.02. The number of carbonyl (C=O) groups is 2. The van der Waals surface area contributed by atoms with Crippen LogP contribution in [0.2, 0.25) is 0 Å². The number of carbonyl (C=O) groups excluding carboxylic acids is 2. The molecule has 30 heavy (non-hydrogen) atoms. The first kappa shape index (κ1) is 23.3. The molecule has 0 aliphatic rings. The van der Waals surface area contributed by atoms with Gasteiger partial charge in [-0.1, -0.05) is 43.3 Å². The summed E-state index contributed by atoms with van der Waals surface area (Å²) in [7, 11) is 3.18. The second-order valence-electron chi connectivity index (χ2n) is 7.16. The Morgan fingerprint density at radius 3 is 2.33 bits per heavy atom. The van der Waals surface area contributed by atoms with Crippen LogP contribution in [0, 0.1) is 0 Å². The average molecular weight is 413 g/mol. The van der Waals surface area contributed by atoms with Crippen LogP contribution in [0.15, 0.2) is 48.5 Å². The molecule has 0 aliphatic carbocycles. The number of methoxy groups -OCH3 is 2. The first-order valence-electron chi connectivity index (χ1n) is 10.3. The molecule has 0 aromatic heterocycles. The summed E-state index contributed by atoms with van der Waals surface area (Å²) in [6, 6.07) is 14.8. The fourth-order valence-corrected chi connectivity index (χ4v) is 3.19. The van der Waals surface area contributed by atoms with E-state index < -0.39 is 6.04 Å². The quantitative estimate of drug-likeness (QED) is 0.613. The van der Waals surface area contributed by atoms with Crippen molar-refractivity contribution in [1.29, 1.82) is 0 Å². The fourth-order valence-electron chi connectivity index (χ4n) is 3.19. The standard InChI is InChI=1S/C24H32N2O4/c1-5-15-25-24(28)18(2)26(17-20-9-7-6-8-10-20)23(27)14-12-19-11-13-21(29-3)22(16-19)30-4/h6-11,13,16,18H,5,12,14-15,17H2,1-4H3,(H,25,28)/t18-/m1/s1. The molecule has 162 valence electrons. The fraction of sp³-hybridized carbons (Fsp3) is 0.417. The Morgan fingerprint density at radius 2 is 1.70 bits per heavy atom. The lowest BCUT2D eigenvalue weighted by molar-refractivity contribution is -0.140. The summed E-state index contributed by atoms with van der Waals surface area (Å²) in [5, 5.41) is 2.89. The van der Waals surface area contributed by atoms with Crippen LogP contribution < -0.4 is 14.8 Å². The Kier molecular flexibility index (Phi) is 9.19. The van der Waals surface area contributed by atoms with Crippen LogP contribution in [-0.2, 0) is 22.6 Å². The van der Waals surface area contributed by atoms with Gasteiger partial charge in [0.2, 0.25) is 11.8 Å². The maximum absolute atomic E-state index is 13.1. The molecule has 6 heteroatoms. The smallest absolute Gasteiger partial charge is 0.242 e. The van der Waals surface area contributed by atoms with E-state index in [2.05, 4.69) is 5.32 Å². The van der Waals surface area contributed by atoms with E-state index in [9.17, 15) is 9.59 Å². The third-order valence-electron chi connectivity index (χ3n) is 4.99. The topological polar surface area (TPSA) is 67.9 Å². The predicted octanol–water partition coefficient (Wildman–Crippen LogP) is 3.58. The highest BCUT2D eigenvalue weighted by atomic mass is 16.5. The lowest BCUT2D eigenvalue weighted by Crippen LogP contribution is -2.47. The normalized spacial score (nSPS) is 11.5. The van der Waals surface area contributed by atoms with Crippen molar-refractivity contribution in [1.82, 2.24) is 10.2 Å². The zero-order valence-electron chi connectivity index (χ0n) is 18.3. The van der Waals surface area contributed by atoms with E-state index in [1.807, 2.05) is 55.5 Å². The molecular weight excluding hydrogens is 380 g/mol. The molecule has 2 amide bonds. The summed E-state index contributed by atoms with van der Waals surface area (Å²) in [5.41, 5.74) is 1.97. The summed E-state index contributed by atoms with van der Waals surface area (Å²) in [5.74, 6) is 1.09. The van der Waals surface area contributed by atoms with E-state index in [0.29, 0.717) is 37.4 Å². The Bertz CT molecular complexity index is 823. The number of aryl methyl sites for hydroxylation is 1. The molecular formula is C24H32N2O4. The van der Waals surface area contributed by atoms with E-state index >= 15 is 0 Å². The number of rotatable bonds is 11. The van der Waals surface area contributed by atoms with Gasteiger partial charge in [-0.25, -0.2) is 0 Å². The van der Waals surface area contributed by atoms with Crippen LogP contribution in [-0.4, -0.2) is 43.5 Å². The first-order chi connectivity index (χ1) is 14.5. The molecule has 0 saturated heterocycles. The number of nitrogens with one attached hydrogen (secondary N) is 1. The lowest BCUT2D eigenvalue weighted by atomic mass is 10.1. The van der Waals surface area contributed by atoms with E-state index in [1.165, 1.54) is 0 Å². The zero-order valence-corrected chi connectivity index (χ0v) is 18.3. The van der Waals surface area contributed by atoms with Crippen molar-refractivity contribution < 1.29 is 19.1 Å². The lowest BCUT2D eigenvalue weighted by Gasteiger charge is -2.29. The van der Waals surface area contributed by atoms with Gasteiger partial charge in [-0.2, -0.15) is 0 Å². The van der Waals surface area contributed by atoms with E-state index in [4.69, 9.17) is 9.47 Å². The van der Waals surface area contributed by atoms with Crippen LogP contribution >= 0.6 is 0 Å². The van der Waals surface area contributed by atoms with Gasteiger partial charge in [-0.05, 0) is 43.0 Å². The van der Waals surface area contributed by atoms with Crippen molar-refractivity contribution in [3.05, 3.63) is 59.7 Å². The highest BCUT2D eigenvalue weighted by Gasteiger charge is 2.25. The van der Waals surface area contributed by atoms with Crippen LogP contribution in [0.3, 0.4) is 0 Å². The maximum atomic E-state index is 13.1. The van der Waals surface area contributed by atoms with E-state index in [0.717, 1.165) is 17.5 Å². The van der Waals surface area contributed by atoms with E-state index in [1.54, 1.807) is 26.0 Å². The average Bonchev–Trinajstić information content (AvgIpc) is 2.79. The second-order valence-corrected chi connectivity index (χ2v) is 7.16. The van der Waals surface area contributed by atoms with Crippen LogP contribution in [0.1, 0.15) is 37.8 Å². The molecule has 2 aromatic carbocycles. The predicted molar refractivity (Wildman–Crippen MR) is 118 cm³/mol. The van der Waals surface area contributed by atoms with Gasteiger partial charge in [0.1, 0.15) is 6.04 Å². The van der Waals surface area contributed by atoms with Crippen molar-refractivity contribution in [3.63, 3.8) is 0 Å². The van der Waals surface area contributed by atoms with Gasteiger partial charge in [-0.15, -0.1) is 0 Å². The third-order valence-corrected chi connectivity index (χ3v) is 4.99. The van der Waals surface area contributed by atoms with Crippen molar-refractivity contribution >= 4 is 11.8 Å². The van der Waals surface area contributed by atoms with Gasteiger partial charge in [0.05, 0.1) is 14.2 Å². The van der Waals surface area contributed by atoms with Crippen LogP contribution in [0.5, 0.6) is 11.5 Å². The number of ether oxygens (including phenoxy) is 2. The molecule has 0 aliphatic heterocycles. The molecule has 0 heterocycles. The van der Waals surface area contributed by atoms with E-state index in [-0.39, 0.29) is 11.8 Å². The molecule has 0 bridgehead atoms. The Labute approximate surface area is 179 Å². The van der Waals surface area contributed by atoms with Gasteiger partial charge in [0.15, 0.2) is 11.5 Å². The maximum Gasteiger partial charge on any atom is 0.242 e. The molecule has 0 spiro atoms. The van der Waals surface area contributed by atoms with Gasteiger partial charge in [-0.3, -0.25) is 9.59 Å². The van der Waals surface area contributed by atoms with Crippen molar-refractivity contribution in [2.45, 2.75) is 45.7 Å². The molecule has 0 saturated carbocycles. The number of hydrogen-bond acceptors (Lipinski definition) is 4. The second kappa shape index (κ2) is 11.9. The number of hydrogen-bond donors (Lipinski definition) is 1. The molecule has 0 radical (unpaired) electrons. The minimum absolute atomic E-state index is 0.0622. The Morgan fingerprint density at radius 1 is 1.00 bits per heavy atom. The van der Waals surface area contributed by atoms with Gasteiger partial charge >= 0.3 is 0 Å². The van der Waals surface area contributed by atoms with Crippen molar-refractivity contribution in [3.8, 4) is 11.5 Å². The van der Waals surface area contributed by atoms with Crippen LogP contribution in [0.4, 0.5) is 0 Å². The zero-order chi connectivity index (χ0) is 21.9. The summed E-state index contributed by atoms with van der Waals surface area (Å²) >= 11 is 0. The van der Waals surface area contributed by atoms with Gasteiger partial charge in [0, 0.05) is 19.5 Å². The van der Waals surface area contributed by atoms with Crippen molar-refractivity contribution in [2.24, 2.45) is 0 Å². The minimum Gasteiger partial charge on any atom is -0.493 e. The van der Waals surface area contributed by atoms with Crippen molar-refractivity contribution in [2.75, 3.05) is 20.8 Å². The molecule has 2 aromatic rings. The summed E-state index contributed by atoms with van der Waals surface area (Å²) in [6.45, 7) is 4.78. The van der Waals surface area contributed by atoms with Crippen LogP contribution in [0.25, 0.3) is 0 Å². The molecule has 0 unspecified atom stereocenters. The summed E-state index contributed by atoms with van der Waals surface area (Å²) in [6.07, 6.45) is 1.70. The number of amides is 2.